The molecule has 2 rings (SSSR count). The van der Waals surface area contributed by atoms with Crippen LogP contribution in [0.4, 0.5) is 0 Å². The fourth-order valence-electron chi connectivity index (χ4n) is 2.36. The minimum atomic E-state index is -0.0618. The average Bonchev–Trinajstić information content (AvgIpc) is 2.46. The number of piperidine rings is 1. The Morgan fingerprint density at radius 2 is 1.95 bits per heavy atom. The van der Waals surface area contributed by atoms with E-state index in [9.17, 15) is 9.59 Å². The highest BCUT2D eigenvalue weighted by molar-refractivity contribution is 9.10. The van der Waals surface area contributed by atoms with Crippen LogP contribution in [0.3, 0.4) is 0 Å². The Labute approximate surface area is 127 Å². The van der Waals surface area contributed by atoms with Gasteiger partial charge in [-0.25, -0.2) is 4.98 Å². The number of aromatic nitrogens is 1. The molecule has 1 aromatic heterocycles. The van der Waals surface area contributed by atoms with Gasteiger partial charge in [-0.3, -0.25) is 9.59 Å². The molecule has 0 atom stereocenters. The highest BCUT2D eigenvalue weighted by Crippen LogP contribution is 2.20. The van der Waals surface area contributed by atoms with Crippen LogP contribution in [0.1, 0.15) is 23.3 Å². The molecule has 0 bridgehead atoms. The van der Waals surface area contributed by atoms with Crippen molar-refractivity contribution in [3.05, 3.63) is 28.5 Å². The number of rotatable bonds is 2. The van der Waals surface area contributed by atoms with Gasteiger partial charge in [0.2, 0.25) is 5.91 Å². The van der Waals surface area contributed by atoms with Gasteiger partial charge in [0.05, 0.1) is 0 Å². The van der Waals surface area contributed by atoms with E-state index in [1.807, 2.05) is 6.07 Å². The largest absolute Gasteiger partial charge is 0.349 e. The van der Waals surface area contributed by atoms with Crippen molar-refractivity contribution in [2.75, 3.05) is 27.2 Å². The van der Waals surface area contributed by atoms with Gasteiger partial charge in [-0.2, -0.15) is 0 Å². The van der Waals surface area contributed by atoms with Crippen LogP contribution in [0.25, 0.3) is 0 Å². The molecule has 20 heavy (non-hydrogen) atoms. The highest BCUT2D eigenvalue weighted by atomic mass is 79.9. The lowest BCUT2D eigenvalue weighted by atomic mass is 9.95. The standard InChI is InChI=1S/C14H18BrN3O2/c1-17(2)13(19)10-5-7-18(8-6-10)14(20)12-4-3-11(15)9-16-12/h3-4,9-10H,5-8H2,1-2H3. The second-order valence-corrected chi connectivity index (χ2v) is 6.08. The molecule has 1 aromatic rings. The summed E-state index contributed by atoms with van der Waals surface area (Å²) >= 11 is 3.30. The second kappa shape index (κ2) is 6.35. The van der Waals surface area contributed by atoms with E-state index in [-0.39, 0.29) is 17.7 Å². The smallest absolute Gasteiger partial charge is 0.272 e. The molecule has 2 amide bonds. The first-order valence-corrected chi connectivity index (χ1v) is 7.40. The zero-order valence-electron chi connectivity index (χ0n) is 11.7. The summed E-state index contributed by atoms with van der Waals surface area (Å²) in [6.07, 6.45) is 3.06. The summed E-state index contributed by atoms with van der Waals surface area (Å²) in [6.45, 7) is 1.22. The van der Waals surface area contributed by atoms with Gasteiger partial charge >= 0.3 is 0 Å². The monoisotopic (exact) mass is 339 g/mol. The Balaban J connectivity index is 1.95. The Hall–Kier alpha value is -1.43. The number of amides is 2. The number of carbonyl (C=O) groups is 2. The minimum absolute atomic E-state index is 0.0342. The Morgan fingerprint density at radius 1 is 1.30 bits per heavy atom. The van der Waals surface area contributed by atoms with Crippen LogP contribution >= 0.6 is 15.9 Å². The second-order valence-electron chi connectivity index (χ2n) is 5.16. The number of pyridine rings is 1. The molecule has 1 fully saturated rings. The SMILES string of the molecule is CN(C)C(=O)C1CCN(C(=O)c2ccc(Br)cn2)CC1. The van der Waals surface area contributed by atoms with Crippen molar-refractivity contribution in [1.29, 1.82) is 0 Å². The molecule has 0 N–H and O–H groups in total. The van der Waals surface area contributed by atoms with Crippen LogP contribution in [-0.4, -0.2) is 53.8 Å². The first-order valence-electron chi connectivity index (χ1n) is 6.61. The molecule has 108 valence electrons. The molecule has 6 heteroatoms. The third-order valence-corrected chi connectivity index (χ3v) is 3.99. The summed E-state index contributed by atoms with van der Waals surface area (Å²) in [5, 5.41) is 0. The molecule has 5 nitrogen and oxygen atoms in total. The van der Waals surface area contributed by atoms with Crippen molar-refractivity contribution in [2.45, 2.75) is 12.8 Å². The van der Waals surface area contributed by atoms with Crippen molar-refractivity contribution < 1.29 is 9.59 Å². The quantitative estimate of drug-likeness (QED) is 0.825. The molecule has 0 unspecified atom stereocenters. The Kier molecular flexibility index (Phi) is 4.75. The zero-order chi connectivity index (χ0) is 14.7. The summed E-state index contributed by atoms with van der Waals surface area (Å²) in [5.41, 5.74) is 0.450. The van der Waals surface area contributed by atoms with Crippen LogP contribution in [-0.2, 0) is 4.79 Å². The van der Waals surface area contributed by atoms with Crippen molar-refractivity contribution in [3.63, 3.8) is 0 Å². The molecule has 0 aromatic carbocycles. The molecule has 0 saturated carbocycles. The molecule has 2 heterocycles. The number of hydrogen-bond acceptors (Lipinski definition) is 3. The molecule has 0 spiro atoms. The van der Waals surface area contributed by atoms with Crippen molar-refractivity contribution in [2.24, 2.45) is 5.92 Å². The maximum Gasteiger partial charge on any atom is 0.272 e. The van der Waals surface area contributed by atoms with E-state index in [2.05, 4.69) is 20.9 Å². The Morgan fingerprint density at radius 3 is 2.45 bits per heavy atom. The zero-order valence-corrected chi connectivity index (χ0v) is 13.3. The third-order valence-electron chi connectivity index (χ3n) is 3.52. The summed E-state index contributed by atoms with van der Waals surface area (Å²) in [5.74, 6) is 0.124. The summed E-state index contributed by atoms with van der Waals surface area (Å²) in [7, 11) is 3.54. The summed E-state index contributed by atoms with van der Waals surface area (Å²) in [6, 6.07) is 3.52. The average molecular weight is 340 g/mol. The van der Waals surface area contributed by atoms with Crippen molar-refractivity contribution in [3.8, 4) is 0 Å². The number of halogens is 1. The van der Waals surface area contributed by atoms with E-state index in [1.54, 1.807) is 36.2 Å². The van der Waals surface area contributed by atoms with Gasteiger partial charge in [-0.15, -0.1) is 0 Å². The van der Waals surface area contributed by atoms with Gasteiger partial charge in [0.25, 0.3) is 5.91 Å². The fraction of sp³-hybridized carbons (Fsp3) is 0.500. The topological polar surface area (TPSA) is 53.5 Å². The van der Waals surface area contributed by atoms with E-state index in [0.717, 1.165) is 17.3 Å². The van der Waals surface area contributed by atoms with E-state index in [0.29, 0.717) is 18.8 Å². The van der Waals surface area contributed by atoms with E-state index in [1.165, 1.54) is 0 Å². The minimum Gasteiger partial charge on any atom is -0.349 e. The van der Waals surface area contributed by atoms with Crippen molar-refractivity contribution in [1.82, 2.24) is 14.8 Å². The summed E-state index contributed by atoms with van der Waals surface area (Å²) in [4.78, 5) is 31.7. The fourth-order valence-corrected chi connectivity index (χ4v) is 2.59. The van der Waals surface area contributed by atoms with E-state index < -0.39 is 0 Å². The van der Waals surface area contributed by atoms with Crippen LogP contribution in [0.15, 0.2) is 22.8 Å². The summed E-state index contributed by atoms with van der Waals surface area (Å²) < 4.78 is 0.851. The van der Waals surface area contributed by atoms with Gasteiger partial charge in [-0.05, 0) is 40.9 Å². The lowest BCUT2D eigenvalue weighted by Gasteiger charge is -2.32. The maximum absolute atomic E-state index is 12.3. The molecule has 1 aliphatic rings. The highest BCUT2D eigenvalue weighted by Gasteiger charge is 2.28. The predicted molar refractivity (Wildman–Crippen MR) is 79.3 cm³/mol. The number of carbonyl (C=O) groups excluding carboxylic acids is 2. The Bertz CT molecular complexity index is 494. The molecular formula is C14H18BrN3O2. The first kappa shape index (κ1) is 15.0. The van der Waals surface area contributed by atoms with Gasteiger partial charge in [0.15, 0.2) is 0 Å². The van der Waals surface area contributed by atoms with Crippen LogP contribution in [0, 0.1) is 5.92 Å². The van der Waals surface area contributed by atoms with Crippen molar-refractivity contribution >= 4 is 27.7 Å². The number of hydrogen-bond donors (Lipinski definition) is 0. The predicted octanol–water partition coefficient (Wildman–Crippen LogP) is 1.78. The number of likely N-dealkylation sites (tertiary alicyclic amines) is 1. The van der Waals surface area contributed by atoms with Crippen LogP contribution in [0.2, 0.25) is 0 Å². The first-order chi connectivity index (χ1) is 9.49. The van der Waals surface area contributed by atoms with Crippen LogP contribution < -0.4 is 0 Å². The lowest BCUT2D eigenvalue weighted by Crippen LogP contribution is -2.42. The molecule has 0 aliphatic carbocycles. The van der Waals surface area contributed by atoms with Gasteiger partial charge in [0, 0.05) is 43.8 Å². The van der Waals surface area contributed by atoms with Crippen LogP contribution in [0.5, 0.6) is 0 Å². The molecular weight excluding hydrogens is 322 g/mol. The van der Waals surface area contributed by atoms with Gasteiger partial charge < -0.3 is 9.80 Å². The van der Waals surface area contributed by atoms with E-state index in [4.69, 9.17) is 0 Å². The molecule has 1 saturated heterocycles. The third kappa shape index (κ3) is 3.36. The number of nitrogens with zero attached hydrogens (tertiary/aromatic N) is 3. The lowest BCUT2D eigenvalue weighted by molar-refractivity contribution is -0.134. The molecule has 1 aliphatic heterocycles. The van der Waals surface area contributed by atoms with Gasteiger partial charge in [-0.1, -0.05) is 0 Å². The van der Waals surface area contributed by atoms with E-state index >= 15 is 0 Å². The maximum atomic E-state index is 12.3. The molecule has 0 radical (unpaired) electrons. The van der Waals surface area contributed by atoms with Gasteiger partial charge in [0.1, 0.15) is 5.69 Å². The normalized spacial score (nSPS) is 16.1.